The van der Waals surface area contributed by atoms with Crippen molar-refractivity contribution in [3.8, 4) is 0 Å². The maximum atomic E-state index is 10.9. The average molecular weight is 363 g/mol. The van der Waals surface area contributed by atoms with Gasteiger partial charge in [0, 0.05) is 37.3 Å². The predicted molar refractivity (Wildman–Crippen MR) is 108 cm³/mol. The van der Waals surface area contributed by atoms with E-state index in [-0.39, 0.29) is 12.0 Å². The van der Waals surface area contributed by atoms with E-state index in [1.165, 1.54) is 0 Å². The number of hydrogen-bond acceptors (Lipinski definition) is 6. The zero-order chi connectivity index (χ0) is 19.0. The lowest BCUT2D eigenvalue weighted by molar-refractivity contribution is -0.0231. The summed E-state index contributed by atoms with van der Waals surface area (Å²) < 4.78 is 0. The van der Waals surface area contributed by atoms with Crippen molar-refractivity contribution in [2.75, 3.05) is 24.5 Å². The molecular weight excluding hydrogens is 338 g/mol. The number of rotatable bonds is 4. The third kappa shape index (κ3) is 3.28. The number of hydrogen-bond donors (Lipinski definition) is 2. The highest BCUT2D eigenvalue weighted by Crippen LogP contribution is 2.31. The van der Waals surface area contributed by atoms with Crippen LogP contribution < -0.4 is 10.2 Å². The smallest absolute Gasteiger partial charge is 0.170 e. The molecule has 0 aromatic carbocycles. The van der Waals surface area contributed by atoms with Gasteiger partial charge in [-0.3, -0.25) is 0 Å². The van der Waals surface area contributed by atoms with Crippen molar-refractivity contribution in [1.82, 2.24) is 15.3 Å². The molecule has 1 saturated heterocycles. The van der Waals surface area contributed by atoms with Crippen LogP contribution in [0.4, 0.5) is 11.6 Å². The molecule has 1 fully saturated rings. The first-order valence-electron chi connectivity index (χ1n) is 9.44. The predicted octanol–water partition coefficient (Wildman–Crippen LogP) is 2.41. The van der Waals surface area contributed by atoms with E-state index in [9.17, 15) is 5.11 Å². The minimum absolute atomic E-state index is 0.00566. The van der Waals surface area contributed by atoms with Crippen LogP contribution in [-0.4, -0.2) is 52.2 Å². The summed E-state index contributed by atoms with van der Waals surface area (Å²) in [4.78, 5) is 15.6. The fourth-order valence-corrected chi connectivity index (χ4v) is 3.54. The number of piperazine rings is 1. The Kier molecular flexibility index (Phi) is 4.56. The molecule has 2 unspecified atom stereocenters. The first-order valence-corrected chi connectivity index (χ1v) is 9.44. The molecule has 4 rings (SSSR count). The number of aliphatic hydroxyl groups is 1. The molecule has 0 radical (unpaired) electrons. The minimum Gasteiger partial charge on any atom is -0.388 e. The summed E-state index contributed by atoms with van der Waals surface area (Å²) in [5, 5.41) is 14.3. The highest BCUT2D eigenvalue weighted by molar-refractivity contribution is 6.04. The van der Waals surface area contributed by atoms with Crippen LogP contribution in [0.1, 0.15) is 32.0 Å². The highest BCUT2D eigenvalue weighted by atomic mass is 16.3. The molecule has 27 heavy (non-hydrogen) atoms. The molecule has 2 N–H and O–H groups in total. The van der Waals surface area contributed by atoms with Gasteiger partial charge >= 0.3 is 0 Å². The molecule has 0 saturated carbocycles. The second-order valence-corrected chi connectivity index (χ2v) is 7.69. The average Bonchev–Trinajstić information content (AvgIpc) is 3.12. The van der Waals surface area contributed by atoms with Crippen molar-refractivity contribution in [2.24, 2.45) is 10.9 Å². The van der Waals surface area contributed by atoms with Crippen molar-refractivity contribution in [2.45, 2.75) is 32.4 Å². The molecule has 0 bridgehead atoms. The van der Waals surface area contributed by atoms with Gasteiger partial charge in [-0.05, 0) is 37.1 Å². The molecule has 4 heterocycles. The Morgan fingerprint density at radius 3 is 2.96 bits per heavy atom. The Balaban J connectivity index is 1.60. The second kappa shape index (κ2) is 6.89. The van der Waals surface area contributed by atoms with Crippen LogP contribution in [0.2, 0.25) is 0 Å². The maximum absolute atomic E-state index is 10.9. The van der Waals surface area contributed by atoms with Gasteiger partial charge < -0.3 is 15.3 Å². The summed E-state index contributed by atoms with van der Waals surface area (Å²) in [6.45, 7) is 8.40. The van der Waals surface area contributed by atoms with Gasteiger partial charge in [-0.25, -0.2) is 9.97 Å². The molecule has 6 heteroatoms. The fourth-order valence-electron chi connectivity index (χ4n) is 3.54. The number of fused-ring (bicyclic) bond motifs is 1. The van der Waals surface area contributed by atoms with Crippen LogP contribution in [0.5, 0.6) is 0 Å². The summed E-state index contributed by atoms with van der Waals surface area (Å²) >= 11 is 0. The molecule has 140 valence electrons. The van der Waals surface area contributed by atoms with E-state index >= 15 is 0 Å². The monoisotopic (exact) mass is 363 g/mol. The third-order valence-electron chi connectivity index (χ3n) is 5.69. The number of aromatic nitrogens is 2. The Morgan fingerprint density at radius 1 is 1.30 bits per heavy atom. The number of pyridine rings is 2. The normalized spacial score (nSPS) is 21.1. The van der Waals surface area contributed by atoms with Gasteiger partial charge in [-0.2, -0.15) is 4.99 Å². The van der Waals surface area contributed by atoms with Crippen LogP contribution in [-0.2, 0) is 0 Å². The summed E-state index contributed by atoms with van der Waals surface area (Å²) in [5.41, 5.74) is 1.90. The topological polar surface area (TPSA) is 73.6 Å². The lowest BCUT2D eigenvalue weighted by Crippen LogP contribution is -2.62. The number of nitrogens with one attached hydrogen (secondary N) is 1. The van der Waals surface area contributed by atoms with Crippen LogP contribution in [0, 0.1) is 5.92 Å². The number of aliphatic imine (C=N–C) groups is 1. The van der Waals surface area contributed by atoms with E-state index in [4.69, 9.17) is 4.98 Å². The Bertz CT molecular complexity index is 914. The van der Waals surface area contributed by atoms with Crippen LogP contribution in [0.3, 0.4) is 0 Å². The fraction of sp³-hybridized carbons (Fsp3) is 0.429. The minimum atomic E-state index is -0.776. The standard InChI is InChI=1S/C21H25N5O/c1-14(2)21(3,27)18-13-26(11-10-22-18)19-8-4-7-17(25-19)16-12-24-20-15(16)6-5-9-23-20/h4-9,14,18,22,27H,10-11,13H2,1-3H3. The zero-order valence-electron chi connectivity index (χ0n) is 16.0. The van der Waals surface area contributed by atoms with Crippen molar-refractivity contribution in [1.29, 1.82) is 0 Å². The molecule has 0 amide bonds. The van der Waals surface area contributed by atoms with E-state index in [2.05, 4.69) is 39.9 Å². The summed E-state index contributed by atoms with van der Waals surface area (Å²) in [6, 6.07) is 9.91. The van der Waals surface area contributed by atoms with E-state index in [0.29, 0.717) is 12.4 Å². The van der Waals surface area contributed by atoms with Crippen LogP contribution in [0.25, 0.3) is 5.57 Å². The van der Waals surface area contributed by atoms with Crippen molar-refractivity contribution >= 4 is 23.1 Å². The molecule has 0 spiro atoms. The number of nitrogens with zero attached hydrogens (tertiary/aromatic N) is 4. The second-order valence-electron chi connectivity index (χ2n) is 7.69. The van der Waals surface area contributed by atoms with E-state index in [1.807, 2.05) is 37.3 Å². The zero-order valence-corrected chi connectivity index (χ0v) is 16.0. The summed E-state index contributed by atoms with van der Waals surface area (Å²) in [5.74, 6) is 4.82. The Labute approximate surface area is 159 Å². The van der Waals surface area contributed by atoms with Gasteiger partial charge in [0.15, 0.2) is 5.82 Å². The van der Waals surface area contributed by atoms with Crippen LogP contribution >= 0.6 is 0 Å². The summed E-state index contributed by atoms with van der Waals surface area (Å²) in [6.07, 6.45) is 1.73. The summed E-state index contributed by atoms with van der Waals surface area (Å²) in [7, 11) is 0. The molecule has 2 aliphatic rings. The van der Waals surface area contributed by atoms with E-state index < -0.39 is 5.60 Å². The van der Waals surface area contributed by atoms with Gasteiger partial charge in [0.2, 0.25) is 0 Å². The van der Waals surface area contributed by atoms with Gasteiger partial charge in [0.25, 0.3) is 0 Å². The highest BCUT2D eigenvalue weighted by Gasteiger charge is 2.38. The SMILES string of the molecule is CC(C)C(C)(O)C1CN(c2cccc(C3=C=Nc4ncccc43)n2)CCN1. The molecule has 6 nitrogen and oxygen atoms in total. The molecule has 2 atom stereocenters. The first kappa shape index (κ1) is 17.9. The van der Waals surface area contributed by atoms with Crippen LogP contribution in [0.15, 0.2) is 41.5 Å². The lowest BCUT2D eigenvalue weighted by Gasteiger charge is -2.43. The molecule has 2 aromatic rings. The van der Waals surface area contributed by atoms with Gasteiger partial charge in [0.05, 0.1) is 22.9 Å². The van der Waals surface area contributed by atoms with Crippen molar-refractivity contribution in [3.05, 3.63) is 47.8 Å². The maximum Gasteiger partial charge on any atom is 0.170 e. The van der Waals surface area contributed by atoms with Gasteiger partial charge in [-0.1, -0.05) is 19.9 Å². The van der Waals surface area contributed by atoms with Gasteiger partial charge in [0.1, 0.15) is 5.82 Å². The third-order valence-corrected chi connectivity index (χ3v) is 5.69. The Morgan fingerprint density at radius 2 is 2.15 bits per heavy atom. The van der Waals surface area contributed by atoms with E-state index in [1.54, 1.807) is 6.20 Å². The van der Waals surface area contributed by atoms with E-state index in [0.717, 1.165) is 35.7 Å². The number of anilines is 1. The largest absolute Gasteiger partial charge is 0.388 e. The lowest BCUT2D eigenvalue weighted by atomic mass is 9.84. The Hall–Kier alpha value is -2.53. The van der Waals surface area contributed by atoms with Crippen molar-refractivity contribution < 1.29 is 5.11 Å². The molecular formula is C21H25N5O. The van der Waals surface area contributed by atoms with Crippen molar-refractivity contribution in [3.63, 3.8) is 0 Å². The molecule has 2 aromatic heterocycles. The molecule has 0 aliphatic carbocycles. The van der Waals surface area contributed by atoms with Gasteiger partial charge in [-0.15, -0.1) is 0 Å². The quantitative estimate of drug-likeness (QED) is 0.745. The first-order chi connectivity index (χ1) is 13.0. The molecule has 2 aliphatic heterocycles.